The number of piperazine rings is 1. The number of rotatable bonds is 2. The zero-order chi connectivity index (χ0) is 12.4. The zero-order valence-corrected chi connectivity index (χ0v) is 9.56. The van der Waals surface area contributed by atoms with Gasteiger partial charge in [-0.15, -0.1) is 0 Å². The lowest BCUT2D eigenvalue weighted by molar-refractivity contribution is 0.0691. The van der Waals surface area contributed by atoms with Gasteiger partial charge in [-0.05, 0) is 13.1 Å². The summed E-state index contributed by atoms with van der Waals surface area (Å²) in [5, 5.41) is 8.84. The van der Waals surface area contributed by atoms with E-state index in [1.54, 1.807) is 4.90 Å². The Hall–Kier alpha value is -1.69. The van der Waals surface area contributed by atoms with Crippen molar-refractivity contribution in [2.75, 3.05) is 38.1 Å². The van der Waals surface area contributed by atoms with Crippen molar-refractivity contribution in [3.05, 3.63) is 23.6 Å². The molecule has 1 aromatic heterocycles. The third-order valence-corrected chi connectivity index (χ3v) is 2.90. The Balaban J connectivity index is 2.27. The first kappa shape index (κ1) is 11.8. The van der Waals surface area contributed by atoms with Crippen LogP contribution in [0.25, 0.3) is 0 Å². The van der Waals surface area contributed by atoms with Crippen molar-refractivity contribution in [2.45, 2.75) is 0 Å². The largest absolute Gasteiger partial charge is 0.478 e. The number of carbonyl (C=O) groups is 1. The highest BCUT2D eigenvalue weighted by atomic mass is 19.1. The van der Waals surface area contributed by atoms with E-state index < -0.39 is 11.8 Å². The van der Waals surface area contributed by atoms with Gasteiger partial charge in [0.1, 0.15) is 5.56 Å². The first-order valence-electron chi connectivity index (χ1n) is 5.41. The van der Waals surface area contributed by atoms with E-state index in [9.17, 15) is 9.18 Å². The van der Waals surface area contributed by atoms with E-state index in [4.69, 9.17) is 5.11 Å². The lowest BCUT2D eigenvalue weighted by Gasteiger charge is -2.33. The molecule has 0 bridgehead atoms. The van der Waals surface area contributed by atoms with Gasteiger partial charge in [0.05, 0.1) is 0 Å². The van der Waals surface area contributed by atoms with Gasteiger partial charge >= 0.3 is 5.97 Å². The summed E-state index contributed by atoms with van der Waals surface area (Å²) in [7, 11) is 1.99. The van der Waals surface area contributed by atoms with Crippen LogP contribution < -0.4 is 4.90 Å². The lowest BCUT2D eigenvalue weighted by atomic mass is 10.2. The molecule has 1 aliphatic rings. The van der Waals surface area contributed by atoms with Gasteiger partial charge in [0.2, 0.25) is 0 Å². The van der Waals surface area contributed by atoms with Gasteiger partial charge in [0.15, 0.2) is 11.6 Å². The molecule has 0 atom stereocenters. The maximum absolute atomic E-state index is 13.9. The summed E-state index contributed by atoms with van der Waals surface area (Å²) in [4.78, 5) is 18.7. The SMILES string of the molecule is CN1CCN(c2nccc(C(=O)O)c2F)CC1. The van der Waals surface area contributed by atoms with Crippen LogP contribution in [0.3, 0.4) is 0 Å². The van der Waals surface area contributed by atoms with E-state index >= 15 is 0 Å². The molecule has 2 heterocycles. The topological polar surface area (TPSA) is 56.7 Å². The van der Waals surface area contributed by atoms with Gasteiger partial charge in [-0.3, -0.25) is 0 Å². The van der Waals surface area contributed by atoms with Gasteiger partial charge in [0, 0.05) is 32.4 Å². The second-order valence-electron chi connectivity index (χ2n) is 4.09. The van der Waals surface area contributed by atoms with Crippen LogP contribution in [0.5, 0.6) is 0 Å². The first-order chi connectivity index (χ1) is 8.09. The van der Waals surface area contributed by atoms with Crippen LogP contribution >= 0.6 is 0 Å². The highest BCUT2D eigenvalue weighted by molar-refractivity contribution is 5.88. The fraction of sp³-hybridized carbons (Fsp3) is 0.455. The number of nitrogens with zero attached hydrogens (tertiary/aromatic N) is 3. The molecular weight excluding hydrogens is 225 g/mol. The summed E-state index contributed by atoms with van der Waals surface area (Å²) in [6.07, 6.45) is 1.33. The lowest BCUT2D eigenvalue weighted by Crippen LogP contribution is -2.45. The number of likely N-dealkylation sites (N-methyl/N-ethyl adjacent to an activating group) is 1. The highest BCUT2D eigenvalue weighted by Crippen LogP contribution is 2.20. The van der Waals surface area contributed by atoms with E-state index in [1.807, 2.05) is 7.05 Å². The van der Waals surface area contributed by atoms with Crippen molar-refractivity contribution in [3.63, 3.8) is 0 Å². The fourth-order valence-corrected chi connectivity index (χ4v) is 1.84. The molecule has 0 radical (unpaired) electrons. The molecule has 5 nitrogen and oxygen atoms in total. The number of aromatic carboxylic acids is 1. The smallest absolute Gasteiger partial charge is 0.338 e. The molecule has 2 rings (SSSR count). The van der Waals surface area contributed by atoms with Crippen molar-refractivity contribution >= 4 is 11.8 Å². The molecule has 0 amide bonds. The van der Waals surface area contributed by atoms with Gasteiger partial charge < -0.3 is 14.9 Å². The Bertz CT molecular complexity index is 431. The Morgan fingerprint density at radius 1 is 1.41 bits per heavy atom. The van der Waals surface area contributed by atoms with E-state index in [0.29, 0.717) is 13.1 Å². The average Bonchev–Trinajstić information content (AvgIpc) is 2.30. The maximum Gasteiger partial charge on any atom is 0.338 e. The molecule has 0 unspecified atom stereocenters. The number of carboxylic acids is 1. The van der Waals surface area contributed by atoms with E-state index in [2.05, 4.69) is 9.88 Å². The van der Waals surface area contributed by atoms with E-state index in [1.165, 1.54) is 12.3 Å². The highest BCUT2D eigenvalue weighted by Gasteiger charge is 2.22. The first-order valence-corrected chi connectivity index (χ1v) is 5.41. The van der Waals surface area contributed by atoms with Crippen molar-refractivity contribution < 1.29 is 14.3 Å². The van der Waals surface area contributed by atoms with Crippen molar-refractivity contribution in [1.29, 1.82) is 0 Å². The summed E-state index contributed by atoms with van der Waals surface area (Å²) in [6.45, 7) is 2.95. The molecule has 6 heteroatoms. The number of halogens is 1. The normalized spacial score (nSPS) is 17.2. The quantitative estimate of drug-likeness (QED) is 0.822. The number of aromatic nitrogens is 1. The fourth-order valence-electron chi connectivity index (χ4n) is 1.84. The Labute approximate surface area is 98.5 Å². The van der Waals surface area contributed by atoms with Crippen LogP contribution in [-0.4, -0.2) is 54.2 Å². The third kappa shape index (κ3) is 2.36. The van der Waals surface area contributed by atoms with Gasteiger partial charge in [-0.25, -0.2) is 14.2 Å². The molecule has 1 N–H and O–H groups in total. The van der Waals surface area contributed by atoms with Crippen LogP contribution in [0.15, 0.2) is 12.3 Å². The predicted molar refractivity (Wildman–Crippen MR) is 60.9 cm³/mol. The second kappa shape index (κ2) is 4.67. The van der Waals surface area contributed by atoms with Gasteiger partial charge in [0.25, 0.3) is 0 Å². The van der Waals surface area contributed by atoms with Crippen LogP contribution in [0.1, 0.15) is 10.4 Å². The number of hydrogen-bond donors (Lipinski definition) is 1. The third-order valence-electron chi connectivity index (χ3n) is 2.90. The standard InChI is InChI=1S/C11H14FN3O2/c1-14-4-6-15(7-5-14)10-9(12)8(11(16)17)2-3-13-10/h2-3H,4-7H2,1H3,(H,16,17). The summed E-state index contributed by atoms with van der Waals surface area (Å²) >= 11 is 0. The minimum atomic E-state index is -1.26. The molecular formula is C11H14FN3O2. The molecule has 0 saturated carbocycles. The van der Waals surface area contributed by atoms with Crippen molar-refractivity contribution in [2.24, 2.45) is 0 Å². The van der Waals surface area contributed by atoms with E-state index in [0.717, 1.165) is 13.1 Å². The second-order valence-corrected chi connectivity index (χ2v) is 4.09. The Kier molecular flexibility index (Phi) is 3.23. The summed E-state index contributed by atoms with van der Waals surface area (Å²) in [5.74, 6) is -1.87. The molecule has 1 aromatic rings. The molecule has 92 valence electrons. The molecule has 0 aromatic carbocycles. The number of anilines is 1. The number of pyridine rings is 1. The van der Waals surface area contributed by atoms with Crippen molar-refractivity contribution in [1.82, 2.24) is 9.88 Å². The van der Waals surface area contributed by atoms with Gasteiger partial charge in [-0.1, -0.05) is 0 Å². The number of hydrogen-bond acceptors (Lipinski definition) is 4. The monoisotopic (exact) mass is 239 g/mol. The minimum Gasteiger partial charge on any atom is -0.478 e. The van der Waals surface area contributed by atoms with Crippen LogP contribution in [0.2, 0.25) is 0 Å². The molecule has 0 spiro atoms. The number of carboxylic acid groups (broad SMARTS) is 1. The van der Waals surface area contributed by atoms with Crippen molar-refractivity contribution in [3.8, 4) is 0 Å². The summed E-state index contributed by atoms with van der Waals surface area (Å²) in [5.41, 5.74) is -0.325. The van der Waals surface area contributed by atoms with E-state index in [-0.39, 0.29) is 11.4 Å². The van der Waals surface area contributed by atoms with Gasteiger partial charge in [-0.2, -0.15) is 0 Å². The van der Waals surface area contributed by atoms with Crippen LogP contribution in [0.4, 0.5) is 10.2 Å². The summed E-state index contributed by atoms with van der Waals surface area (Å²) in [6, 6.07) is 1.18. The maximum atomic E-state index is 13.9. The molecule has 1 saturated heterocycles. The molecule has 1 aliphatic heterocycles. The zero-order valence-electron chi connectivity index (χ0n) is 9.56. The Morgan fingerprint density at radius 2 is 2.06 bits per heavy atom. The summed E-state index contributed by atoms with van der Waals surface area (Å²) < 4.78 is 13.9. The molecule has 17 heavy (non-hydrogen) atoms. The van der Waals surface area contributed by atoms with Crippen LogP contribution in [0, 0.1) is 5.82 Å². The van der Waals surface area contributed by atoms with Crippen LogP contribution in [-0.2, 0) is 0 Å². The molecule has 1 fully saturated rings. The minimum absolute atomic E-state index is 0.137. The predicted octanol–water partition coefficient (Wildman–Crippen LogP) is 0.671. The Morgan fingerprint density at radius 3 is 2.65 bits per heavy atom. The average molecular weight is 239 g/mol. The molecule has 0 aliphatic carbocycles.